The number of carbonyl (C=O) groups is 1. The Morgan fingerprint density at radius 1 is 0.918 bits per heavy atom. The number of nitrogens with one attached hydrogen (secondary N) is 2. The Morgan fingerprint density at radius 3 is 2.43 bits per heavy atom. The lowest BCUT2D eigenvalue weighted by molar-refractivity contribution is 0.102. The lowest BCUT2D eigenvalue weighted by Gasteiger charge is -2.38. The maximum Gasteiger partial charge on any atom is 0.284 e. The molecule has 0 spiro atoms. The van der Waals surface area contributed by atoms with Crippen LogP contribution in [0.1, 0.15) is 64.7 Å². The number of hydrogen-bond donors (Lipinski definition) is 2. The summed E-state index contributed by atoms with van der Waals surface area (Å²) in [5.41, 5.74) is 6.49. The van der Waals surface area contributed by atoms with Gasteiger partial charge in [-0.2, -0.15) is 8.42 Å². The van der Waals surface area contributed by atoms with Crippen molar-refractivity contribution in [1.29, 1.82) is 0 Å². The van der Waals surface area contributed by atoms with Crippen molar-refractivity contribution >= 4 is 43.8 Å². The summed E-state index contributed by atoms with van der Waals surface area (Å²) in [5.74, 6) is 0.480. The van der Waals surface area contributed by atoms with Crippen LogP contribution >= 0.6 is 0 Å². The molecule has 2 bridgehead atoms. The third-order valence-electron chi connectivity index (χ3n) is 10.5. The van der Waals surface area contributed by atoms with Gasteiger partial charge in [0.1, 0.15) is 12.0 Å². The Balaban J connectivity index is 1.01. The van der Waals surface area contributed by atoms with Crippen LogP contribution < -0.4 is 20.4 Å². The average molecular weight is 675 g/mol. The topological polar surface area (TPSA) is 125 Å². The maximum absolute atomic E-state index is 13.9. The number of pyridine rings is 1. The number of fused-ring (bicyclic) bond motifs is 4. The Morgan fingerprint density at radius 2 is 1.67 bits per heavy atom. The molecule has 1 saturated carbocycles. The first-order chi connectivity index (χ1) is 23.8. The number of carbonyl (C=O) groups excluding carboxylic acids is 1. The monoisotopic (exact) mass is 674 g/mol. The molecule has 11 nitrogen and oxygen atoms in total. The molecule has 2 aromatic heterocycles. The summed E-state index contributed by atoms with van der Waals surface area (Å²) in [6.45, 7) is 5.44. The van der Waals surface area contributed by atoms with Crippen molar-refractivity contribution in [3.63, 3.8) is 0 Å². The van der Waals surface area contributed by atoms with E-state index in [0.717, 1.165) is 54.4 Å². The van der Waals surface area contributed by atoms with Crippen LogP contribution in [0.15, 0.2) is 78.0 Å². The van der Waals surface area contributed by atoms with Gasteiger partial charge in [0.25, 0.3) is 15.9 Å². The molecule has 12 heteroatoms. The van der Waals surface area contributed by atoms with Crippen molar-refractivity contribution in [2.24, 2.45) is 0 Å². The van der Waals surface area contributed by atoms with Gasteiger partial charge in [-0.1, -0.05) is 30.3 Å². The van der Waals surface area contributed by atoms with Gasteiger partial charge in [-0.15, -0.1) is 9.19 Å². The number of piperazine rings is 1. The minimum absolute atomic E-state index is 0.0732. The van der Waals surface area contributed by atoms with Gasteiger partial charge < -0.3 is 20.4 Å². The first kappa shape index (κ1) is 30.3. The summed E-state index contributed by atoms with van der Waals surface area (Å²) in [5, 5.41) is 13.4. The van der Waals surface area contributed by atoms with E-state index in [-0.39, 0.29) is 16.7 Å². The lowest BCUT2D eigenvalue weighted by atomic mass is 9.97. The fraction of sp³-hybridized carbons (Fsp3) is 0.351. The van der Waals surface area contributed by atoms with Crippen LogP contribution in [0.2, 0.25) is 0 Å². The minimum Gasteiger partial charge on any atom is -0.368 e. The highest BCUT2D eigenvalue weighted by molar-refractivity contribution is 7.89. The van der Waals surface area contributed by atoms with Gasteiger partial charge in [-0.3, -0.25) is 4.79 Å². The molecule has 49 heavy (non-hydrogen) atoms. The average Bonchev–Trinajstić information content (AvgIpc) is 3.74. The van der Waals surface area contributed by atoms with Gasteiger partial charge >= 0.3 is 0 Å². The van der Waals surface area contributed by atoms with E-state index in [2.05, 4.69) is 73.8 Å². The van der Waals surface area contributed by atoms with Gasteiger partial charge in [0.05, 0.1) is 17.1 Å². The molecule has 0 unspecified atom stereocenters. The molecule has 3 aromatic carbocycles. The van der Waals surface area contributed by atoms with E-state index in [1.54, 1.807) is 12.1 Å². The van der Waals surface area contributed by atoms with Gasteiger partial charge in [-0.05, 0) is 86.4 Å². The third-order valence-corrected chi connectivity index (χ3v) is 12.0. The van der Waals surface area contributed by atoms with Crippen molar-refractivity contribution < 1.29 is 13.2 Å². The molecule has 3 fully saturated rings. The number of anilines is 3. The highest BCUT2D eigenvalue weighted by Crippen LogP contribution is 2.38. The second-order valence-electron chi connectivity index (χ2n) is 13.8. The number of benzene rings is 3. The first-order valence-corrected chi connectivity index (χ1v) is 18.6. The lowest BCUT2D eigenvalue weighted by Crippen LogP contribution is -2.51. The maximum atomic E-state index is 13.9. The number of hydrogen-bond acceptors (Lipinski definition) is 9. The number of rotatable bonds is 7. The summed E-state index contributed by atoms with van der Waals surface area (Å²) in [7, 11) is -3.90. The van der Waals surface area contributed by atoms with E-state index >= 15 is 0 Å². The Hall–Kier alpha value is -4.81. The third kappa shape index (κ3) is 5.52. The summed E-state index contributed by atoms with van der Waals surface area (Å²) in [6.07, 6.45) is 6.39. The zero-order valence-corrected chi connectivity index (χ0v) is 28.2. The molecule has 4 aliphatic rings. The molecule has 9 rings (SSSR count). The number of nitrogens with zero attached hydrogens (tertiary/aromatic N) is 6. The molecule has 2 saturated heterocycles. The SMILES string of the molecule is Cc1cccc2cccc(N3CCc4c(N5C[C@H]6CC[C@@H](C5)N6)cc(C(=O)Nc5ccc(S(=O)(=O)n6cnc(C7CC7)n6)cc5)nc4C3)c12. The molecule has 3 aliphatic heterocycles. The minimum atomic E-state index is -3.90. The molecule has 1 aliphatic carbocycles. The van der Waals surface area contributed by atoms with Crippen LogP contribution in [0.4, 0.5) is 17.1 Å². The van der Waals surface area contributed by atoms with Gasteiger partial charge in [-0.25, -0.2) is 9.97 Å². The van der Waals surface area contributed by atoms with Crippen LogP contribution in [-0.2, 0) is 23.0 Å². The Bertz CT molecular complexity index is 2200. The summed E-state index contributed by atoms with van der Waals surface area (Å²) in [6, 6.07) is 21.9. The normalized spacial score (nSPS) is 20.4. The van der Waals surface area contributed by atoms with Crippen molar-refractivity contribution in [2.75, 3.05) is 34.8 Å². The largest absolute Gasteiger partial charge is 0.368 e. The van der Waals surface area contributed by atoms with Crippen molar-refractivity contribution in [3.05, 3.63) is 101 Å². The van der Waals surface area contributed by atoms with Gasteiger partial charge in [0.2, 0.25) is 0 Å². The van der Waals surface area contributed by atoms with Gasteiger partial charge in [0.15, 0.2) is 5.82 Å². The number of aryl methyl sites for hydroxylation is 1. The van der Waals surface area contributed by atoms with Crippen molar-refractivity contribution in [1.82, 2.24) is 24.5 Å². The van der Waals surface area contributed by atoms with E-state index in [9.17, 15) is 13.2 Å². The van der Waals surface area contributed by atoms with Crippen molar-refractivity contribution in [2.45, 2.75) is 68.5 Å². The standard InChI is InChI=1S/C37H38N8O3S/c1-23-4-2-5-24-6-3-7-33(35(23)24)43-17-16-30-32(21-43)41-31(18-34(30)44-19-27-10-11-28(20-44)39-27)37(46)40-26-12-14-29(15-13-26)49(47,48)45-22-38-36(42-45)25-8-9-25/h2-7,12-15,18,22,25,27-28,39H,8-11,16-17,19-21H2,1H3,(H,40,46)/t27-,28+. The second kappa shape index (κ2) is 11.7. The summed E-state index contributed by atoms with van der Waals surface area (Å²) < 4.78 is 27.3. The number of aromatic nitrogens is 4. The van der Waals surface area contributed by atoms with Gasteiger partial charge in [0, 0.05) is 65.6 Å². The van der Waals surface area contributed by atoms with Crippen LogP contribution in [0, 0.1) is 6.92 Å². The molecule has 1 amide bonds. The predicted molar refractivity (Wildman–Crippen MR) is 189 cm³/mol. The zero-order chi connectivity index (χ0) is 33.3. The molecule has 250 valence electrons. The van der Waals surface area contributed by atoms with Crippen LogP contribution in [0.3, 0.4) is 0 Å². The van der Waals surface area contributed by atoms with Crippen LogP contribution in [0.5, 0.6) is 0 Å². The molecular weight excluding hydrogens is 637 g/mol. The van der Waals surface area contributed by atoms with Crippen LogP contribution in [0.25, 0.3) is 10.8 Å². The fourth-order valence-electron chi connectivity index (χ4n) is 7.81. The molecule has 2 N–H and O–H groups in total. The smallest absolute Gasteiger partial charge is 0.284 e. The highest BCUT2D eigenvalue weighted by Gasteiger charge is 2.35. The molecule has 5 aromatic rings. The first-order valence-electron chi connectivity index (χ1n) is 17.2. The molecule has 5 heterocycles. The van der Waals surface area contributed by atoms with E-state index < -0.39 is 10.0 Å². The Kier molecular flexibility index (Phi) is 7.20. The molecular formula is C37H38N8O3S. The zero-order valence-electron chi connectivity index (χ0n) is 27.3. The summed E-state index contributed by atoms with van der Waals surface area (Å²) >= 11 is 0. The molecule has 2 atom stereocenters. The van der Waals surface area contributed by atoms with Crippen molar-refractivity contribution in [3.8, 4) is 0 Å². The summed E-state index contributed by atoms with van der Waals surface area (Å²) in [4.78, 5) is 28.0. The number of amides is 1. The Labute approximate surface area is 285 Å². The fourth-order valence-corrected chi connectivity index (χ4v) is 8.86. The second-order valence-corrected chi connectivity index (χ2v) is 15.6. The van der Waals surface area contributed by atoms with E-state index in [1.165, 1.54) is 58.9 Å². The van der Waals surface area contributed by atoms with Crippen LogP contribution in [-0.4, -0.2) is 65.2 Å². The van der Waals surface area contributed by atoms with E-state index in [4.69, 9.17) is 4.98 Å². The van der Waals surface area contributed by atoms with E-state index in [0.29, 0.717) is 35.8 Å². The highest BCUT2D eigenvalue weighted by atomic mass is 32.2. The van der Waals surface area contributed by atoms with E-state index in [1.807, 2.05) is 6.07 Å². The quantitative estimate of drug-likeness (QED) is 0.245. The predicted octanol–water partition coefficient (Wildman–Crippen LogP) is 5.00. The molecule has 0 radical (unpaired) electrons.